The average molecular weight is 308 g/mol. The van der Waals surface area contributed by atoms with Gasteiger partial charge in [0.1, 0.15) is 16.4 Å². The molecule has 0 saturated heterocycles. The third-order valence-electron chi connectivity index (χ3n) is 2.42. The summed E-state index contributed by atoms with van der Waals surface area (Å²) in [5.74, 6) is -0.267. The van der Waals surface area contributed by atoms with E-state index in [0.29, 0.717) is 11.4 Å². The van der Waals surface area contributed by atoms with Gasteiger partial charge in [-0.2, -0.15) is 0 Å². The second-order valence-corrected chi connectivity index (χ2v) is 6.67. The summed E-state index contributed by atoms with van der Waals surface area (Å²) in [4.78, 5) is 15.9. The Labute approximate surface area is 127 Å². The molecule has 0 unspecified atom stereocenters. The number of nitrogens with zero attached hydrogens (tertiary/aromatic N) is 1. The van der Waals surface area contributed by atoms with E-state index in [1.54, 1.807) is 33.0 Å². The summed E-state index contributed by atoms with van der Waals surface area (Å²) in [6, 6.07) is 6.38. The fourth-order valence-corrected chi connectivity index (χ4v) is 2.51. The standard InChI is InChI=1S/C15H17FN2O2S/c1-15(2,3)20-14(19)18-13-9-17-12(21-13)8-10-5-4-6-11(16)7-10/h4-7,9H,8H2,1-3H3,(H,18,19). The molecule has 0 aliphatic rings. The second kappa shape index (κ2) is 6.22. The Kier molecular flexibility index (Phi) is 4.57. The molecule has 4 nitrogen and oxygen atoms in total. The molecule has 1 N–H and O–H groups in total. The molecule has 0 fully saturated rings. The van der Waals surface area contributed by atoms with Crippen molar-refractivity contribution in [3.63, 3.8) is 0 Å². The van der Waals surface area contributed by atoms with Crippen LogP contribution in [-0.4, -0.2) is 16.7 Å². The summed E-state index contributed by atoms with van der Waals surface area (Å²) in [6.45, 7) is 5.40. The maximum absolute atomic E-state index is 13.1. The Morgan fingerprint density at radius 1 is 1.43 bits per heavy atom. The number of carbonyl (C=O) groups is 1. The number of aromatic nitrogens is 1. The molecule has 2 rings (SSSR count). The molecule has 0 saturated carbocycles. The van der Waals surface area contributed by atoms with Crippen LogP contribution in [-0.2, 0) is 11.2 Å². The van der Waals surface area contributed by atoms with Gasteiger partial charge in [0.25, 0.3) is 0 Å². The third-order valence-corrected chi connectivity index (χ3v) is 3.33. The minimum atomic E-state index is -0.542. The lowest BCUT2D eigenvalue weighted by atomic mass is 10.1. The number of hydrogen-bond donors (Lipinski definition) is 1. The summed E-state index contributed by atoms with van der Waals surface area (Å²) in [6.07, 6.45) is 1.59. The van der Waals surface area contributed by atoms with E-state index in [-0.39, 0.29) is 5.82 Å². The molecule has 2 aromatic rings. The Balaban J connectivity index is 1.97. The molecule has 1 aromatic carbocycles. The molecule has 0 aliphatic heterocycles. The van der Waals surface area contributed by atoms with E-state index in [4.69, 9.17) is 4.74 Å². The van der Waals surface area contributed by atoms with Crippen molar-refractivity contribution in [2.45, 2.75) is 32.8 Å². The quantitative estimate of drug-likeness (QED) is 0.923. The number of thiazole rings is 1. The Bertz CT molecular complexity index is 635. The van der Waals surface area contributed by atoms with Crippen LogP contribution in [0.4, 0.5) is 14.2 Å². The molecule has 0 atom stereocenters. The van der Waals surface area contributed by atoms with Gasteiger partial charge in [-0.3, -0.25) is 5.32 Å². The molecule has 6 heteroatoms. The largest absolute Gasteiger partial charge is 0.444 e. The van der Waals surface area contributed by atoms with Gasteiger partial charge in [0, 0.05) is 6.42 Å². The number of anilines is 1. The Hall–Kier alpha value is -1.95. The molecule has 1 aromatic heterocycles. The molecule has 0 spiro atoms. The van der Waals surface area contributed by atoms with Gasteiger partial charge in [-0.15, -0.1) is 11.3 Å². The zero-order chi connectivity index (χ0) is 15.5. The van der Waals surface area contributed by atoms with Crippen molar-refractivity contribution < 1.29 is 13.9 Å². The first-order valence-corrected chi connectivity index (χ1v) is 7.33. The van der Waals surface area contributed by atoms with Crippen molar-refractivity contribution in [3.8, 4) is 0 Å². The first-order valence-electron chi connectivity index (χ1n) is 6.51. The molecule has 0 aliphatic carbocycles. The highest BCUT2D eigenvalue weighted by molar-refractivity contribution is 7.15. The van der Waals surface area contributed by atoms with E-state index >= 15 is 0 Å². The lowest BCUT2D eigenvalue weighted by molar-refractivity contribution is 0.0636. The third kappa shape index (κ3) is 5.15. The van der Waals surface area contributed by atoms with E-state index in [1.807, 2.05) is 6.07 Å². The summed E-state index contributed by atoms with van der Waals surface area (Å²) in [5.41, 5.74) is 0.298. The van der Waals surface area contributed by atoms with E-state index in [9.17, 15) is 9.18 Å². The number of halogens is 1. The summed E-state index contributed by atoms with van der Waals surface area (Å²) < 4.78 is 18.3. The number of amides is 1. The normalized spacial score (nSPS) is 11.2. The molecule has 0 bridgehead atoms. The summed E-state index contributed by atoms with van der Waals surface area (Å²) in [5, 5.41) is 4.04. The lowest BCUT2D eigenvalue weighted by Gasteiger charge is -2.19. The van der Waals surface area contributed by atoms with E-state index in [1.165, 1.54) is 23.5 Å². The topological polar surface area (TPSA) is 51.2 Å². The predicted octanol–water partition coefficient (Wildman–Crippen LogP) is 4.22. The SMILES string of the molecule is CC(C)(C)OC(=O)Nc1cnc(Cc2cccc(F)c2)s1. The maximum atomic E-state index is 13.1. The molecule has 21 heavy (non-hydrogen) atoms. The minimum Gasteiger partial charge on any atom is -0.444 e. The lowest BCUT2D eigenvalue weighted by Crippen LogP contribution is -2.26. The molecule has 112 valence electrons. The number of benzene rings is 1. The maximum Gasteiger partial charge on any atom is 0.412 e. The Morgan fingerprint density at radius 2 is 2.19 bits per heavy atom. The van der Waals surface area contributed by atoms with Crippen molar-refractivity contribution in [2.75, 3.05) is 5.32 Å². The van der Waals surface area contributed by atoms with Crippen LogP contribution in [0.5, 0.6) is 0 Å². The van der Waals surface area contributed by atoms with Gasteiger partial charge < -0.3 is 4.74 Å². The number of ether oxygens (including phenoxy) is 1. The van der Waals surface area contributed by atoms with Crippen LogP contribution >= 0.6 is 11.3 Å². The highest BCUT2D eigenvalue weighted by Crippen LogP contribution is 2.22. The summed E-state index contributed by atoms with van der Waals surface area (Å²) >= 11 is 1.34. The average Bonchev–Trinajstić information content (AvgIpc) is 2.73. The van der Waals surface area contributed by atoms with Gasteiger partial charge >= 0.3 is 6.09 Å². The predicted molar refractivity (Wildman–Crippen MR) is 81.2 cm³/mol. The number of nitrogens with one attached hydrogen (secondary N) is 1. The highest BCUT2D eigenvalue weighted by atomic mass is 32.1. The molecular formula is C15H17FN2O2S. The van der Waals surface area contributed by atoms with Crippen LogP contribution in [0.1, 0.15) is 31.3 Å². The van der Waals surface area contributed by atoms with Gasteiger partial charge in [0.15, 0.2) is 0 Å². The van der Waals surface area contributed by atoms with Crippen molar-refractivity contribution in [1.29, 1.82) is 0 Å². The zero-order valence-corrected chi connectivity index (χ0v) is 13.0. The van der Waals surface area contributed by atoms with Crippen LogP contribution < -0.4 is 5.32 Å². The van der Waals surface area contributed by atoms with Crippen molar-refractivity contribution in [2.24, 2.45) is 0 Å². The molecular weight excluding hydrogens is 291 g/mol. The molecule has 1 heterocycles. The number of carbonyl (C=O) groups excluding carboxylic acids is 1. The zero-order valence-electron chi connectivity index (χ0n) is 12.1. The second-order valence-electron chi connectivity index (χ2n) is 5.55. The smallest absolute Gasteiger partial charge is 0.412 e. The Morgan fingerprint density at radius 3 is 2.86 bits per heavy atom. The van der Waals surface area contributed by atoms with Gasteiger partial charge in [0.05, 0.1) is 11.2 Å². The number of hydrogen-bond acceptors (Lipinski definition) is 4. The van der Waals surface area contributed by atoms with E-state index in [2.05, 4.69) is 10.3 Å². The van der Waals surface area contributed by atoms with E-state index in [0.717, 1.165) is 10.6 Å². The van der Waals surface area contributed by atoms with Crippen LogP contribution in [0.15, 0.2) is 30.5 Å². The molecule has 0 radical (unpaired) electrons. The van der Waals surface area contributed by atoms with Gasteiger partial charge in [0.2, 0.25) is 0 Å². The van der Waals surface area contributed by atoms with Gasteiger partial charge in [-0.05, 0) is 38.5 Å². The van der Waals surface area contributed by atoms with Crippen LogP contribution in [0.25, 0.3) is 0 Å². The minimum absolute atomic E-state index is 0.267. The number of rotatable bonds is 3. The highest BCUT2D eigenvalue weighted by Gasteiger charge is 2.17. The van der Waals surface area contributed by atoms with Crippen molar-refractivity contribution in [1.82, 2.24) is 4.98 Å². The fraction of sp³-hybridized carbons (Fsp3) is 0.333. The van der Waals surface area contributed by atoms with Crippen molar-refractivity contribution in [3.05, 3.63) is 46.9 Å². The van der Waals surface area contributed by atoms with E-state index < -0.39 is 11.7 Å². The van der Waals surface area contributed by atoms with Crippen molar-refractivity contribution >= 4 is 22.4 Å². The molecule has 1 amide bonds. The van der Waals surface area contributed by atoms with Gasteiger partial charge in [-0.25, -0.2) is 14.2 Å². The summed E-state index contributed by atoms with van der Waals surface area (Å²) in [7, 11) is 0. The monoisotopic (exact) mass is 308 g/mol. The van der Waals surface area contributed by atoms with Crippen LogP contribution in [0.2, 0.25) is 0 Å². The van der Waals surface area contributed by atoms with Gasteiger partial charge in [-0.1, -0.05) is 12.1 Å². The first kappa shape index (κ1) is 15.4. The first-order chi connectivity index (χ1) is 9.82. The fourth-order valence-electron chi connectivity index (χ4n) is 1.68. The van der Waals surface area contributed by atoms with Crippen LogP contribution in [0.3, 0.4) is 0 Å². The van der Waals surface area contributed by atoms with Crippen LogP contribution in [0, 0.1) is 5.82 Å².